The minimum Gasteiger partial charge on any atom is -0.473 e. The molecule has 2 aromatic rings. The van der Waals surface area contributed by atoms with Gasteiger partial charge in [-0.15, -0.1) is 0 Å². The van der Waals surface area contributed by atoms with Gasteiger partial charge in [0.2, 0.25) is 0 Å². The van der Waals surface area contributed by atoms with E-state index in [0.29, 0.717) is 0 Å². The molecule has 0 amide bonds. The number of H-pyrrole nitrogens is 1. The highest BCUT2D eigenvalue weighted by Crippen LogP contribution is 2.20. The van der Waals surface area contributed by atoms with Gasteiger partial charge < -0.3 is 20.1 Å². The monoisotopic (exact) mass is 303 g/mol. The van der Waals surface area contributed by atoms with E-state index in [1.54, 1.807) is 0 Å². The van der Waals surface area contributed by atoms with E-state index < -0.39 is 11.9 Å². The number of aliphatic carboxylic acids is 2. The number of carboxylic acids is 2. The van der Waals surface area contributed by atoms with Crippen molar-refractivity contribution in [1.82, 2.24) is 9.88 Å². The Kier molecular flexibility index (Phi) is 6.10. The summed E-state index contributed by atoms with van der Waals surface area (Å²) in [5, 5.41) is 24.8. The van der Waals surface area contributed by atoms with Crippen LogP contribution in [0.1, 0.15) is 11.1 Å². The zero-order valence-electron chi connectivity index (χ0n) is 12.3. The zero-order valence-corrected chi connectivity index (χ0v) is 12.3. The molecule has 3 N–H and O–H groups in total. The van der Waals surface area contributed by atoms with Crippen molar-refractivity contribution in [1.29, 1.82) is 5.26 Å². The van der Waals surface area contributed by atoms with E-state index in [4.69, 9.17) is 25.1 Å². The van der Waals surface area contributed by atoms with E-state index in [-0.39, 0.29) is 0 Å². The van der Waals surface area contributed by atoms with Crippen molar-refractivity contribution in [3.05, 3.63) is 35.5 Å². The molecule has 7 heteroatoms. The summed E-state index contributed by atoms with van der Waals surface area (Å²) in [5.41, 5.74) is 3.10. The third-order valence-electron chi connectivity index (χ3n) is 2.91. The minimum absolute atomic E-state index is 0.721. The molecule has 0 unspecified atom stereocenters. The first-order chi connectivity index (χ1) is 10.3. The molecule has 1 aromatic carbocycles. The van der Waals surface area contributed by atoms with Crippen molar-refractivity contribution >= 4 is 22.8 Å². The summed E-state index contributed by atoms with van der Waals surface area (Å²) >= 11 is 0. The quantitative estimate of drug-likeness (QED) is 0.736. The number of nitrogens with one attached hydrogen (secondary N) is 1. The molecule has 1 heterocycles. The van der Waals surface area contributed by atoms with Gasteiger partial charge in [0.15, 0.2) is 0 Å². The molecular formula is C15H17N3O4. The Hall–Kier alpha value is -2.85. The molecule has 7 nitrogen and oxygen atoms in total. The normalized spacial score (nSPS) is 9.91. The molecule has 0 saturated carbocycles. The number of hydrogen-bond donors (Lipinski definition) is 3. The number of carboxylic acid groups (broad SMARTS) is 2. The van der Waals surface area contributed by atoms with Crippen LogP contribution in [-0.4, -0.2) is 52.7 Å². The number of nitriles is 1. The Bertz CT molecular complexity index is 701. The highest BCUT2D eigenvalue weighted by atomic mass is 16.4. The summed E-state index contributed by atoms with van der Waals surface area (Å²) in [5.74, 6) is -3.65. The van der Waals surface area contributed by atoms with Gasteiger partial charge in [0.1, 0.15) is 0 Å². The fraction of sp³-hybridized carbons (Fsp3) is 0.267. The van der Waals surface area contributed by atoms with Crippen LogP contribution in [0.25, 0.3) is 10.9 Å². The molecule has 116 valence electrons. The fourth-order valence-corrected chi connectivity index (χ4v) is 1.80. The van der Waals surface area contributed by atoms with Gasteiger partial charge in [0.25, 0.3) is 0 Å². The molecular weight excluding hydrogens is 286 g/mol. The first kappa shape index (κ1) is 17.2. The van der Waals surface area contributed by atoms with E-state index >= 15 is 0 Å². The molecule has 0 saturated heterocycles. The summed E-state index contributed by atoms with van der Waals surface area (Å²) in [4.78, 5) is 23.6. The Labute approximate surface area is 127 Å². The standard InChI is InChI=1S/C13H15N3.C2H2O4/c1-16(2)6-5-11-9-15-13-4-3-10(8-14)7-12(11)13;3-1(4)2(5)6/h3-4,7,9,15H,5-6H2,1-2H3;(H,3,4)(H,5,6). The first-order valence-corrected chi connectivity index (χ1v) is 6.46. The maximum atomic E-state index is 9.10. The zero-order chi connectivity index (χ0) is 16.7. The fourth-order valence-electron chi connectivity index (χ4n) is 1.80. The van der Waals surface area contributed by atoms with Crippen LogP contribution in [0.4, 0.5) is 0 Å². The lowest BCUT2D eigenvalue weighted by atomic mass is 10.1. The number of likely N-dealkylation sites (N-methyl/N-ethyl adjacent to an activating group) is 1. The molecule has 0 bridgehead atoms. The summed E-state index contributed by atoms with van der Waals surface area (Å²) in [6, 6.07) is 7.94. The number of nitrogens with zero attached hydrogens (tertiary/aromatic N) is 2. The van der Waals surface area contributed by atoms with Gasteiger partial charge in [-0.25, -0.2) is 9.59 Å². The maximum absolute atomic E-state index is 9.10. The van der Waals surface area contributed by atoms with Gasteiger partial charge >= 0.3 is 11.9 Å². The SMILES string of the molecule is CN(C)CCc1c[nH]c2ccc(C#N)cc12.O=C(O)C(=O)O. The van der Waals surface area contributed by atoms with E-state index in [2.05, 4.69) is 30.0 Å². The van der Waals surface area contributed by atoms with E-state index in [0.717, 1.165) is 24.0 Å². The minimum atomic E-state index is -1.82. The number of fused-ring (bicyclic) bond motifs is 1. The molecule has 0 aliphatic heterocycles. The molecule has 0 radical (unpaired) electrons. The molecule has 0 aliphatic carbocycles. The van der Waals surface area contributed by atoms with Gasteiger partial charge in [-0.2, -0.15) is 5.26 Å². The summed E-state index contributed by atoms with van der Waals surface area (Å²) < 4.78 is 0. The molecule has 1 aromatic heterocycles. The van der Waals surface area contributed by atoms with E-state index in [1.807, 2.05) is 24.4 Å². The average Bonchev–Trinajstić information content (AvgIpc) is 2.87. The summed E-state index contributed by atoms with van der Waals surface area (Å²) in [6.07, 6.45) is 3.04. The number of carbonyl (C=O) groups is 2. The number of benzene rings is 1. The van der Waals surface area contributed by atoms with Crippen LogP contribution in [-0.2, 0) is 16.0 Å². The lowest BCUT2D eigenvalue weighted by molar-refractivity contribution is -0.159. The van der Waals surface area contributed by atoms with Gasteiger partial charge in [-0.3, -0.25) is 0 Å². The van der Waals surface area contributed by atoms with Crippen LogP contribution < -0.4 is 0 Å². The number of aromatic nitrogens is 1. The molecule has 0 aliphatic rings. The first-order valence-electron chi connectivity index (χ1n) is 6.46. The third kappa shape index (κ3) is 4.92. The Morgan fingerprint density at radius 2 is 1.91 bits per heavy atom. The number of aromatic amines is 1. The van der Waals surface area contributed by atoms with Gasteiger partial charge in [0.05, 0.1) is 11.6 Å². The van der Waals surface area contributed by atoms with Crippen molar-refractivity contribution < 1.29 is 19.8 Å². The largest absolute Gasteiger partial charge is 0.473 e. The third-order valence-corrected chi connectivity index (χ3v) is 2.91. The maximum Gasteiger partial charge on any atom is 0.414 e. The Morgan fingerprint density at radius 1 is 1.27 bits per heavy atom. The van der Waals surface area contributed by atoms with Gasteiger partial charge in [-0.1, -0.05) is 0 Å². The van der Waals surface area contributed by atoms with Crippen molar-refractivity contribution in [2.24, 2.45) is 0 Å². The lowest BCUT2D eigenvalue weighted by Gasteiger charge is -2.08. The number of hydrogen-bond acceptors (Lipinski definition) is 4. The molecule has 0 fully saturated rings. The highest BCUT2D eigenvalue weighted by Gasteiger charge is 2.05. The second kappa shape index (κ2) is 7.81. The Balaban J connectivity index is 0.000000346. The summed E-state index contributed by atoms with van der Waals surface area (Å²) in [6.45, 7) is 1.02. The van der Waals surface area contributed by atoms with Crippen LogP contribution in [0.15, 0.2) is 24.4 Å². The van der Waals surface area contributed by atoms with Crippen molar-refractivity contribution in [2.45, 2.75) is 6.42 Å². The molecule has 0 atom stereocenters. The highest BCUT2D eigenvalue weighted by molar-refractivity contribution is 6.27. The van der Waals surface area contributed by atoms with Crippen molar-refractivity contribution in [3.8, 4) is 6.07 Å². The van der Waals surface area contributed by atoms with E-state index in [1.165, 1.54) is 10.9 Å². The van der Waals surface area contributed by atoms with Crippen LogP contribution in [0.3, 0.4) is 0 Å². The van der Waals surface area contributed by atoms with Crippen molar-refractivity contribution in [3.63, 3.8) is 0 Å². The molecule has 0 spiro atoms. The van der Waals surface area contributed by atoms with Gasteiger partial charge in [-0.05, 0) is 44.3 Å². The summed E-state index contributed by atoms with van der Waals surface area (Å²) in [7, 11) is 4.13. The average molecular weight is 303 g/mol. The van der Waals surface area contributed by atoms with Crippen LogP contribution in [0.2, 0.25) is 0 Å². The second-order valence-electron chi connectivity index (χ2n) is 4.85. The lowest BCUT2D eigenvalue weighted by Crippen LogP contribution is -2.14. The molecule has 22 heavy (non-hydrogen) atoms. The second-order valence-corrected chi connectivity index (χ2v) is 4.85. The smallest absolute Gasteiger partial charge is 0.414 e. The van der Waals surface area contributed by atoms with Crippen LogP contribution in [0.5, 0.6) is 0 Å². The van der Waals surface area contributed by atoms with Crippen LogP contribution in [0, 0.1) is 11.3 Å². The number of rotatable bonds is 3. The Morgan fingerprint density at radius 3 is 2.41 bits per heavy atom. The van der Waals surface area contributed by atoms with E-state index in [9.17, 15) is 0 Å². The predicted octanol–water partition coefficient (Wildman–Crippen LogP) is 1.30. The van der Waals surface area contributed by atoms with Crippen LogP contribution >= 0.6 is 0 Å². The predicted molar refractivity (Wildman–Crippen MR) is 80.5 cm³/mol. The van der Waals surface area contributed by atoms with Gasteiger partial charge in [0, 0.05) is 23.6 Å². The molecule has 2 rings (SSSR count). The topological polar surface area (TPSA) is 117 Å². The van der Waals surface area contributed by atoms with Crippen molar-refractivity contribution in [2.75, 3.05) is 20.6 Å².